The topological polar surface area (TPSA) is 26.0 Å². The Bertz CT molecular complexity index is 160. The minimum atomic E-state index is -0.00990. The second kappa shape index (κ2) is 6.57. The third-order valence-corrected chi connectivity index (χ3v) is 3.90. The molecule has 0 aliphatic heterocycles. The van der Waals surface area contributed by atoms with E-state index < -0.39 is 0 Å². The van der Waals surface area contributed by atoms with Gasteiger partial charge in [0.15, 0.2) is 0 Å². The summed E-state index contributed by atoms with van der Waals surface area (Å²) in [7, 11) is 2.30. The van der Waals surface area contributed by atoms with E-state index in [1.165, 1.54) is 25.6 Å². The van der Waals surface area contributed by atoms with Crippen molar-refractivity contribution >= 4 is 7.85 Å². The molecule has 0 saturated carbocycles. The highest BCUT2D eigenvalue weighted by molar-refractivity contribution is 6.08. The minimum absolute atomic E-state index is 0.00990. The first-order chi connectivity index (χ1) is 6.82. The molecule has 0 radical (unpaired) electrons. The van der Waals surface area contributed by atoms with E-state index >= 15 is 0 Å². The summed E-state index contributed by atoms with van der Waals surface area (Å²) < 4.78 is 0. The summed E-state index contributed by atoms with van der Waals surface area (Å²) in [6.45, 7) is 11.3. The normalized spacial score (nSPS) is 16.7. The highest BCUT2D eigenvalue weighted by atomic mass is 14.7. The van der Waals surface area contributed by atoms with Crippen LogP contribution < -0.4 is 5.73 Å². The van der Waals surface area contributed by atoms with Gasteiger partial charge in [-0.05, 0) is 38.0 Å². The predicted octanol–water partition coefficient (Wildman–Crippen LogP) is 2.85. The molecular weight excluding hydrogens is 181 g/mol. The van der Waals surface area contributed by atoms with Gasteiger partial charge in [0.05, 0.1) is 0 Å². The highest BCUT2D eigenvalue weighted by Crippen LogP contribution is 2.28. The van der Waals surface area contributed by atoms with Crippen molar-refractivity contribution < 1.29 is 0 Å². The van der Waals surface area contributed by atoms with E-state index in [0.29, 0.717) is 5.92 Å². The first kappa shape index (κ1) is 15.0. The van der Waals surface area contributed by atoms with Gasteiger partial charge >= 0.3 is 0 Å². The van der Waals surface area contributed by atoms with Crippen molar-refractivity contribution in [1.82, 2.24) is 0 Å². The summed E-state index contributed by atoms with van der Waals surface area (Å²) in [5, 5.41) is 0. The summed E-state index contributed by atoms with van der Waals surface area (Å²) in [5.41, 5.74) is 6.18. The standard InChI is InChI=1S/C13H30BN/c1-6-12(13(4,5)15)8-7-11(9-14)10(2)3/h10-12H,6-9,14-15H2,1-5H3. The van der Waals surface area contributed by atoms with Gasteiger partial charge in [-0.2, -0.15) is 0 Å². The number of rotatable bonds is 7. The summed E-state index contributed by atoms with van der Waals surface area (Å²) in [6, 6.07) is 0. The van der Waals surface area contributed by atoms with Crippen molar-refractivity contribution in [2.45, 2.75) is 65.7 Å². The summed E-state index contributed by atoms with van der Waals surface area (Å²) in [6.07, 6.45) is 5.14. The largest absolute Gasteiger partial charge is 0.325 e. The van der Waals surface area contributed by atoms with Crippen LogP contribution in [0, 0.1) is 17.8 Å². The van der Waals surface area contributed by atoms with E-state index in [-0.39, 0.29) is 5.54 Å². The Kier molecular flexibility index (Phi) is 6.58. The Hall–Kier alpha value is 0.0249. The van der Waals surface area contributed by atoms with Crippen LogP contribution in [0.4, 0.5) is 0 Å². The van der Waals surface area contributed by atoms with Crippen molar-refractivity contribution in [1.29, 1.82) is 0 Å². The molecule has 0 saturated heterocycles. The van der Waals surface area contributed by atoms with Crippen LogP contribution in [0.5, 0.6) is 0 Å². The van der Waals surface area contributed by atoms with Gasteiger partial charge in [0, 0.05) is 5.54 Å². The Morgan fingerprint density at radius 1 is 1.20 bits per heavy atom. The zero-order valence-corrected chi connectivity index (χ0v) is 11.6. The summed E-state index contributed by atoms with van der Waals surface area (Å²) >= 11 is 0. The number of nitrogens with two attached hydrogens (primary N) is 1. The molecule has 0 aromatic rings. The maximum Gasteiger partial charge on any atom is 0.101 e. The van der Waals surface area contributed by atoms with Gasteiger partial charge in [-0.15, -0.1) is 0 Å². The van der Waals surface area contributed by atoms with Gasteiger partial charge in [0.2, 0.25) is 0 Å². The van der Waals surface area contributed by atoms with Gasteiger partial charge in [0.1, 0.15) is 7.85 Å². The fraction of sp³-hybridized carbons (Fsp3) is 1.00. The Balaban J connectivity index is 4.10. The van der Waals surface area contributed by atoms with E-state index in [1.54, 1.807) is 0 Å². The molecule has 2 heteroatoms. The molecule has 0 bridgehead atoms. The van der Waals surface area contributed by atoms with Crippen LogP contribution in [0.3, 0.4) is 0 Å². The van der Waals surface area contributed by atoms with Crippen molar-refractivity contribution in [2.24, 2.45) is 23.5 Å². The molecule has 2 N–H and O–H groups in total. The molecule has 0 fully saturated rings. The fourth-order valence-electron chi connectivity index (χ4n) is 2.53. The van der Waals surface area contributed by atoms with E-state index in [9.17, 15) is 0 Å². The third kappa shape index (κ3) is 5.60. The number of hydrogen-bond acceptors (Lipinski definition) is 1. The molecule has 0 rings (SSSR count). The van der Waals surface area contributed by atoms with Gasteiger partial charge < -0.3 is 5.73 Å². The third-order valence-electron chi connectivity index (χ3n) is 3.90. The first-order valence-electron chi connectivity index (χ1n) is 6.61. The summed E-state index contributed by atoms with van der Waals surface area (Å²) in [5.74, 6) is 2.36. The van der Waals surface area contributed by atoms with E-state index in [1.807, 2.05) is 0 Å². The van der Waals surface area contributed by atoms with E-state index in [4.69, 9.17) is 5.73 Å². The van der Waals surface area contributed by atoms with Crippen molar-refractivity contribution in [2.75, 3.05) is 0 Å². The van der Waals surface area contributed by atoms with Crippen LogP contribution in [-0.2, 0) is 0 Å². The average molecular weight is 211 g/mol. The fourth-order valence-corrected chi connectivity index (χ4v) is 2.53. The maximum atomic E-state index is 6.19. The molecule has 0 aromatic heterocycles. The summed E-state index contributed by atoms with van der Waals surface area (Å²) in [4.78, 5) is 0. The molecule has 0 heterocycles. The van der Waals surface area contributed by atoms with Crippen LogP contribution in [0.1, 0.15) is 53.9 Å². The van der Waals surface area contributed by atoms with Crippen molar-refractivity contribution in [3.8, 4) is 0 Å². The molecule has 0 aliphatic carbocycles. The first-order valence-corrected chi connectivity index (χ1v) is 6.61. The molecule has 1 nitrogen and oxygen atoms in total. The maximum absolute atomic E-state index is 6.19. The second-order valence-corrected chi connectivity index (χ2v) is 5.92. The van der Waals surface area contributed by atoms with Crippen LogP contribution in [-0.4, -0.2) is 13.4 Å². The zero-order valence-electron chi connectivity index (χ0n) is 11.6. The SMILES string of the molecule is BCC(CCC(CC)C(C)(C)N)C(C)C. The quantitative estimate of drug-likeness (QED) is 0.644. The minimum Gasteiger partial charge on any atom is -0.325 e. The van der Waals surface area contributed by atoms with Crippen LogP contribution in [0.25, 0.3) is 0 Å². The molecule has 0 aliphatic rings. The lowest BCUT2D eigenvalue weighted by atomic mass is 9.75. The molecule has 0 aromatic carbocycles. The lowest BCUT2D eigenvalue weighted by Crippen LogP contribution is -2.40. The molecular formula is C13H30BN. The van der Waals surface area contributed by atoms with E-state index in [2.05, 4.69) is 42.5 Å². The molecule has 90 valence electrons. The lowest BCUT2D eigenvalue weighted by molar-refractivity contribution is 0.256. The molecule has 2 unspecified atom stereocenters. The number of hydrogen-bond donors (Lipinski definition) is 1. The monoisotopic (exact) mass is 211 g/mol. The van der Waals surface area contributed by atoms with Crippen molar-refractivity contribution in [3.63, 3.8) is 0 Å². The average Bonchev–Trinajstić information content (AvgIpc) is 2.09. The molecule has 2 atom stereocenters. The van der Waals surface area contributed by atoms with Crippen molar-refractivity contribution in [3.05, 3.63) is 0 Å². The van der Waals surface area contributed by atoms with Crippen LogP contribution in [0.2, 0.25) is 6.32 Å². The Morgan fingerprint density at radius 2 is 1.73 bits per heavy atom. The van der Waals surface area contributed by atoms with Crippen LogP contribution in [0.15, 0.2) is 0 Å². The Morgan fingerprint density at radius 3 is 2.00 bits per heavy atom. The molecule has 0 spiro atoms. The Labute approximate surface area is 97.6 Å². The van der Waals surface area contributed by atoms with E-state index in [0.717, 1.165) is 11.8 Å². The van der Waals surface area contributed by atoms with Gasteiger partial charge in [-0.1, -0.05) is 39.9 Å². The predicted molar refractivity (Wildman–Crippen MR) is 73.0 cm³/mol. The highest BCUT2D eigenvalue weighted by Gasteiger charge is 2.24. The lowest BCUT2D eigenvalue weighted by Gasteiger charge is -2.31. The molecule has 15 heavy (non-hydrogen) atoms. The smallest absolute Gasteiger partial charge is 0.101 e. The zero-order chi connectivity index (χ0) is 12.1. The van der Waals surface area contributed by atoms with Gasteiger partial charge in [0.25, 0.3) is 0 Å². The van der Waals surface area contributed by atoms with Gasteiger partial charge in [-0.3, -0.25) is 0 Å². The molecule has 0 amide bonds. The second-order valence-electron chi connectivity index (χ2n) is 5.92. The van der Waals surface area contributed by atoms with Gasteiger partial charge in [-0.25, -0.2) is 0 Å². The van der Waals surface area contributed by atoms with Crippen LogP contribution >= 0.6 is 0 Å².